The predicted octanol–water partition coefficient (Wildman–Crippen LogP) is 0.739. The summed E-state index contributed by atoms with van der Waals surface area (Å²) in [5, 5.41) is 18.5. The molecule has 0 saturated carbocycles. The van der Waals surface area contributed by atoms with E-state index >= 15 is 0 Å². The van der Waals surface area contributed by atoms with Gasteiger partial charge in [-0.1, -0.05) is 5.16 Å². The maximum Gasteiger partial charge on any atom is 0.241 e. The fourth-order valence-electron chi connectivity index (χ4n) is 2.03. The number of thioether (sulfide) groups is 1. The molecule has 19 heavy (non-hydrogen) atoms. The number of rotatable bonds is 3. The molecule has 1 unspecified atom stereocenters. The molecule has 4 N–H and O–H groups in total. The SMILES string of the molecule is Cn1ncc(C(N)=NO)c1NC(=O)C1(C)CCCS1. The van der Waals surface area contributed by atoms with E-state index in [0.717, 1.165) is 18.6 Å². The minimum absolute atomic E-state index is 0.0763. The third-order valence-electron chi connectivity index (χ3n) is 3.25. The quantitative estimate of drug-likeness (QED) is 0.328. The van der Waals surface area contributed by atoms with Gasteiger partial charge in [-0.25, -0.2) is 0 Å². The molecule has 0 aliphatic carbocycles. The van der Waals surface area contributed by atoms with E-state index in [1.54, 1.807) is 18.8 Å². The first-order valence-corrected chi connectivity index (χ1v) is 6.92. The summed E-state index contributed by atoms with van der Waals surface area (Å²) in [4.78, 5) is 12.3. The van der Waals surface area contributed by atoms with Crippen LogP contribution < -0.4 is 11.1 Å². The summed E-state index contributed by atoms with van der Waals surface area (Å²) >= 11 is 1.65. The van der Waals surface area contributed by atoms with Crippen LogP contribution in [0.25, 0.3) is 0 Å². The molecule has 2 heterocycles. The van der Waals surface area contributed by atoms with Crippen molar-refractivity contribution in [3.8, 4) is 0 Å². The van der Waals surface area contributed by atoms with Crippen LogP contribution in [0.5, 0.6) is 0 Å². The maximum absolute atomic E-state index is 12.3. The second-order valence-corrected chi connectivity index (χ2v) is 6.25. The zero-order valence-corrected chi connectivity index (χ0v) is 11.7. The van der Waals surface area contributed by atoms with Gasteiger partial charge in [-0.2, -0.15) is 5.10 Å². The lowest BCUT2D eigenvalue weighted by atomic mass is 10.0. The molecule has 1 aromatic heterocycles. The summed E-state index contributed by atoms with van der Waals surface area (Å²) in [6, 6.07) is 0. The number of hydrogen-bond acceptors (Lipinski definition) is 5. The Bertz CT molecular complexity index is 519. The molecule has 1 aliphatic rings. The van der Waals surface area contributed by atoms with E-state index in [9.17, 15) is 4.79 Å². The number of amides is 1. The molecular formula is C11H17N5O2S. The molecule has 7 nitrogen and oxygen atoms in total. The highest BCUT2D eigenvalue weighted by Crippen LogP contribution is 2.38. The van der Waals surface area contributed by atoms with Gasteiger partial charge in [0.15, 0.2) is 5.84 Å². The first-order valence-electron chi connectivity index (χ1n) is 5.93. The summed E-state index contributed by atoms with van der Waals surface area (Å²) in [6.07, 6.45) is 3.34. The van der Waals surface area contributed by atoms with E-state index in [4.69, 9.17) is 10.9 Å². The van der Waals surface area contributed by atoms with Gasteiger partial charge in [0.25, 0.3) is 0 Å². The molecule has 8 heteroatoms. The Morgan fingerprint density at radius 1 is 1.74 bits per heavy atom. The smallest absolute Gasteiger partial charge is 0.241 e. The van der Waals surface area contributed by atoms with E-state index in [1.807, 2.05) is 6.92 Å². The number of anilines is 1. The normalized spacial score (nSPS) is 23.6. The lowest BCUT2D eigenvalue weighted by Gasteiger charge is -2.21. The Kier molecular flexibility index (Phi) is 3.70. The molecule has 2 rings (SSSR count). The van der Waals surface area contributed by atoms with Crippen LogP contribution in [0.1, 0.15) is 25.3 Å². The number of oxime groups is 1. The Morgan fingerprint density at radius 2 is 2.47 bits per heavy atom. The highest BCUT2D eigenvalue weighted by atomic mass is 32.2. The van der Waals surface area contributed by atoms with Crippen molar-refractivity contribution in [2.45, 2.75) is 24.5 Å². The topological polar surface area (TPSA) is 106 Å². The molecule has 1 atom stereocenters. The highest BCUT2D eigenvalue weighted by molar-refractivity contribution is 8.01. The fraction of sp³-hybridized carbons (Fsp3) is 0.545. The van der Waals surface area contributed by atoms with Gasteiger partial charge in [-0.3, -0.25) is 9.48 Å². The van der Waals surface area contributed by atoms with E-state index in [1.165, 1.54) is 10.9 Å². The van der Waals surface area contributed by atoms with Crippen molar-refractivity contribution < 1.29 is 10.0 Å². The number of nitrogens with two attached hydrogens (primary N) is 1. The molecule has 0 aromatic carbocycles. The van der Waals surface area contributed by atoms with Gasteiger partial charge in [-0.15, -0.1) is 11.8 Å². The summed E-state index contributed by atoms with van der Waals surface area (Å²) < 4.78 is 1.07. The largest absolute Gasteiger partial charge is 0.409 e. The average molecular weight is 283 g/mol. The summed E-state index contributed by atoms with van der Waals surface area (Å²) in [7, 11) is 1.69. The first kappa shape index (κ1) is 13.7. The van der Waals surface area contributed by atoms with Gasteiger partial charge in [-0.05, 0) is 25.5 Å². The minimum Gasteiger partial charge on any atom is -0.409 e. The molecule has 104 valence electrons. The summed E-state index contributed by atoms with van der Waals surface area (Å²) in [5.41, 5.74) is 5.97. The van der Waals surface area contributed by atoms with Gasteiger partial charge >= 0.3 is 0 Å². The number of hydrogen-bond donors (Lipinski definition) is 3. The summed E-state index contributed by atoms with van der Waals surface area (Å²) in [6.45, 7) is 1.93. The van der Waals surface area contributed by atoms with Gasteiger partial charge in [0.2, 0.25) is 5.91 Å². The third kappa shape index (κ3) is 2.53. The van der Waals surface area contributed by atoms with E-state index in [-0.39, 0.29) is 11.7 Å². The molecule has 1 amide bonds. The van der Waals surface area contributed by atoms with Crippen molar-refractivity contribution >= 4 is 29.3 Å². The minimum atomic E-state index is -0.424. The molecule has 1 saturated heterocycles. The van der Waals surface area contributed by atoms with Crippen molar-refractivity contribution in [1.82, 2.24) is 9.78 Å². The van der Waals surface area contributed by atoms with Crippen LogP contribution in [-0.4, -0.2) is 37.2 Å². The molecule has 0 radical (unpaired) electrons. The number of carbonyl (C=O) groups excluding carboxylic acids is 1. The van der Waals surface area contributed by atoms with Crippen molar-refractivity contribution in [2.24, 2.45) is 17.9 Å². The lowest BCUT2D eigenvalue weighted by molar-refractivity contribution is -0.118. The second kappa shape index (κ2) is 5.12. The molecule has 1 fully saturated rings. The monoisotopic (exact) mass is 283 g/mol. The highest BCUT2D eigenvalue weighted by Gasteiger charge is 2.37. The van der Waals surface area contributed by atoms with Crippen molar-refractivity contribution in [3.63, 3.8) is 0 Å². The molecular weight excluding hydrogens is 266 g/mol. The van der Waals surface area contributed by atoms with Gasteiger partial charge < -0.3 is 16.3 Å². The van der Waals surface area contributed by atoms with Gasteiger partial charge in [0, 0.05) is 7.05 Å². The van der Waals surface area contributed by atoms with Crippen LogP contribution in [0.3, 0.4) is 0 Å². The Labute approximate surface area is 115 Å². The van der Waals surface area contributed by atoms with Crippen molar-refractivity contribution in [2.75, 3.05) is 11.1 Å². The zero-order valence-electron chi connectivity index (χ0n) is 10.9. The average Bonchev–Trinajstić information content (AvgIpc) is 2.98. The van der Waals surface area contributed by atoms with Crippen molar-refractivity contribution in [3.05, 3.63) is 11.8 Å². The summed E-state index contributed by atoms with van der Waals surface area (Å²) in [5.74, 6) is 1.27. The van der Waals surface area contributed by atoms with E-state index in [0.29, 0.717) is 11.4 Å². The van der Waals surface area contributed by atoms with E-state index < -0.39 is 4.75 Å². The Balaban J connectivity index is 2.24. The van der Waals surface area contributed by atoms with Crippen LogP contribution in [0, 0.1) is 0 Å². The second-order valence-electron chi connectivity index (χ2n) is 4.65. The van der Waals surface area contributed by atoms with E-state index in [2.05, 4.69) is 15.6 Å². The van der Waals surface area contributed by atoms with Gasteiger partial charge in [0.1, 0.15) is 5.82 Å². The van der Waals surface area contributed by atoms with Crippen LogP contribution in [0.2, 0.25) is 0 Å². The number of amidine groups is 1. The van der Waals surface area contributed by atoms with Crippen LogP contribution in [-0.2, 0) is 11.8 Å². The Hall–Kier alpha value is -1.70. The lowest BCUT2D eigenvalue weighted by Crippen LogP contribution is -2.36. The number of aryl methyl sites for hydroxylation is 1. The number of carbonyl (C=O) groups is 1. The number of nitrogens with zero attached hydrogens (tertiary/aromatic N) is 3. The zero-order chi connectivity index (χ0) is 14.0. The standard InChI is InChI=1S/C11H17N5O2S/c1-11(4-3-5-19-11)10(17)14-9-7(8(12)15-18)6-13-16(9)2/h6,18H,3-5H2,1-2H3,(H2,12,15)(H,14,17). The maximum atomic E-state index is 12.3. The molecule has 1 aliphatic heterocycles. The number of aromatic nitrogens is 2. The van der Waals surface area contributed by atoms with Gasteiger partial charge in [0.05, 0.1) is 16.5 Å². The van der Waals surface area contributed by atoms with Crippen LogP contribution in [0.15, 0.2) is 11.4 Å². The molecule has 0 bridgehead atoms. The Morgan fingerprint density at radius 3 is 3.05 bits per heavy atom. The van der Waals surface area contributed by atoms with Crippen LogP contribution in [0.4, 0.5) is 5.82 Å². The molecule has 1 aromatic rings. The fourth-order valence-corrected chi connectivity index (χ4v) is 3.24. The van der Waals surface area contributed by atoms with Crippen LogP contribution >= 0.6 is 11.8 Å². The number of nitrogens with one attached hydrogen (secondary N) is 1. The first-order chi connectivity index (χ1) is 8.98. The molecule has 0 spiro atoms. The third-order valence-corrected chi connectivity index (χ3v) is 4.77. The predicted molar refractivity (Wildman–Crippen MR) is 74.4 cm³/mol. The van der Waals surface area contributed by atoms with Crippen molar-refractivity contribution in [1.29, 1.82) is 0 Å².